The van der Waals surface area contributed by atoms with Crippen LogP contribution in [0.1, 0.15) is 24.1 Å². The quantitative estimate of drug-likeness (QED) is 0.684. The first-order chi connectivity index (χ1) is 8.97. The Labute approximate surface area is 132 Å². The van der Waals surface area contributed by atoms with Crippen LogP contribution in [0.3, 0.4) is 0 Å². The van der Waals surface area contributed by atoms with E-state index in [-0.39, 0.29) is 6.04 Å². The molecule has 0 aliphatic heterocycles. The SMILES string of the molecule is Cc1cc(Cl)c(NC(C)c2cccc(Br)c2)cc1Cl. The second-order valence-corrected chi connectivity index (χ2v) is 6.23. The highest BCUT2D eigenvalue weighted by atomic mass is 79.9. The highest BCUT2D eigenvalue weighted by molar-refractivity contribution is 9.10. The van der Waals surface area contributed by atoms with E-state index in [1.54, 1.807) is 0 Å². The fourth-order valence-electron chi connectivity index (χ4n) is 1.85. The van der Waals surface area contributed by atoms with Crippen LogP contribution >= 0.6 is 39.1 Å². The first kappa shape index (κ1) is 14.7. The van der Waals surface area contributed by atoms with Crippen LogP contribution in [-0.4, -0.2) is 0 Å². The molecule has 2 aromatic carbocycles. The van der Waals surface area contributed by atoms with Gasteiger partial charge >= 0.3 is 0 Å². The van der Waals surface area contributed by atoms with Crippen LogP contribution in [0, 0.1) is 6.92 Å². The molecule has 0 heterocycles. The zero-order chi connectivity index (χ0) is 14.0. The maximum absolute atomic E-state index is 6.23. The van der Waals surface area contributed by atoms with E-state index >= 15 is 0 Å². The summed E-state index contributed by atoms with van der Waals surface area (Å²) in [6, 6.07) is 12.1. The number of nitrogens with one attached hydrogen (secondary N) is 1. The molecule has 1 atom stereocenters. The maximum atomic E-state index is 6.23. The van der Waals surface area contributed by atoms with Crippen LogP contribution in [0.4, 0.5) is 5.69 Å². The molecule has 0 fully saturated rings. The van der Waals surface area contributed by atoms with Crippen molar-refractivity contribution < 1.29 is 0 Å². The van der Waals surface area contributed by atoms with Crippen molar-refractivity contribution in [3.05, 3.63) is 62.0 Å². The number of halogens is 3. The average Bonchev–Trinajstić information content (AvgIpc) is 2.36. The third kappa shape index (κ3) is 3.65. The molecule has 0 saturated carbocycles. The van der Waals surface area contributed by atoms with Crippen LogP contribution in [-0.2, 0) is 0 Å². The van der Waals surface area contributed by atoms with Gasteiger partial charge in [0.15, 0.2) is 0 Å². The van der Waals surface area contributed by atoms with Gasteiger partial charge in [-0.25, -0.2) is 0 Å². The zero-order valence-corrected chi connectivity index (χ0v) is 13.8. The third-order valence-electron chi connectivity index (χ3n) is 2.97. The number of hydrogen-bond donors (Lipinski definition) is 1. The van der Waals surface area contributed by atoms with E-state index in [0.29, 0.717) is 10.0 Å². The van der Waals surface area contributed by atoms with Gasteiger partial charge in [0.05, 0.1) is 10.7 Å². The van der Waals surface area contributed by atoms with E-state index in [4.69, 9.17) is 23.2 Å². The Bertz CT molecular complexity index is 599. The van der Waals surface area contributed by atoms with E-state index in [2.05, 4.69) is 40.3 Å². The minimum absolute atomic E-state index is 0.147. The van der Waals surface area contributed by atoms with Crippen LogP contribution in [0.5, 0.6) is 0 Å². The second-order valence-electron chi connectivity index (χ2n) is 4.50. The molecule has 0 aromatic heterocycles. The van der Waals surface area contributed by atoms with Gasteiger partial charge in [-0.2, -0.15) is 0 Å². The molecule has 0 saturated heterocycles. The molecule has 100 valence electrons. The van der Waals surface area contributed by atoms with Crippen LogP contribution < -0.4 is 5.32 Å². The summed E-state index contributed by atoms with van der Waals surface area (Å²) in [5, 5.41) is 4.78. The van der Waals surface area contributed by atoms with Crippen molar-refractivity contribution in [3.8, 4) is 0 Å². The molecule has 2 rings (SSSR count). The summed E-state index contributed by atoms with van der Waals surface area (Å²) < 4.78 is 1.06. The lowest BCUT2D eigenvalue weighted by atomic mass is 10.1. The molecule has 19 heavy (non-hydrogen) atoms. The van der Waals surface area contributed by atoms with E-state index in [0.717, 1.165) is 15.7 Å². The van der Waals surface area contributed by atoms with Crippen LogP contribution in [0.25, 0.3) is 0 Å². The highest BCUT2D eigenvalue weighted by Crippen LogP contribution is 2.31. The molecular weight excluding hydrogens is 345 g/mol. The van der Waals surface area contributed by atoms with Gasteiger partial charge in [-0.05, 0) is 49.2 Å². The van der Waals surface area contributed by atoms with Crippen molar-refractivity contribution in [2.45, 2.75) is 19.9 Å². The number of hydrogen-bond acceptors (Lipinski definition) is 1. The first-order valence-corrected chi connectivity index (χ1v) is 7.50. The monoisotopic (exact) mass is 357 g/mol. The molecule has 0 aliphatic rings. The zero-order valence-electron chi connectivity index (χ0n) is 10.7. The second kappa shape index (κ2) is 6.17. The molecular formula is C15H14BrCl2N. The Morgan fingerprint density at radius 2 is 1.84 bits per heavy atom. The van der Waals surface area contributed by atoms with Crippen LogP contribution in [0.2, 0.25) is 10.0 Å². The minimum atomic E-state index is 0.147. The lowest BCUT2D eigenvalue weighted by Gasteiger charge is -2.18. The van der Waals surface area contributed by atoms with Gasteiger partial charge in [-0.3, -0.25) is 0 Å². The van der Waals surface area contributed by atoms with E-state index in [1.165, 1.54) is 5.56 Å². The summed E-state index contributed by atoms with van der Waals surface area (Å²) in [4.78, 5) is 0. The predicted molar refractivity (Wildman–Crippen MR) is 87.4 cm³/mol. The molecule has 2 aromatic rings. The molecule has 1 unspecified atom stereocenters. The number of rotatable bonds is 3. The average molecular weight is 359 g/mol. The summed E-state index contributed by atoms with van der Waals surface area (Å²) in [5.41, 5.74) is 3.01. The lowest BCUT2D eigenvalue weighted by molar-refractivity contribution is 0.884. The number of benzene rings is 2. The highest BCUT2D eigenvalue weighted by Gasteiger charge is 2.10. The normalized spacial score (nSPS) is 12.3. The molecule has 0 spiro atoms. The summed E-state index contributed by atoms with van der Waals surface area (Å²) >= 11 is 15.8. The Morgan fingerprint density at radius 1 is 1.11 bits per heavy atom. The topological polar surface area (TPSA) is 12.0 Å². The number of anilines is 1. The van der Waals surface area contributed by atoms with Gasteiger partial charge in [-0.1, -0.05) is 51.3 Å². The minimum Gasteiger partial charge on any atom is -0.377 e. The van der Waals surface area contributed by atoms with Crippen molar-refractivity contribution in [1.82, 2.24) is 0 Å². The van der Waals surface area contributed by atoms with Crippen molar-refractivity contribution in [1.29, 1.82) is 0 Å². The van der Waals surface area contributed by atoms with Crippen LogP contribution in [0.15, 0.2) is 40.9 Å². The number of aryl methyl sites for hydroxylation is 1. The van der Waals surface area contributed by atoms with E-state index in [1.807, 2.05) is 31.2 Å². The molecule has 0 bridgehead atoms. The Kier molecular flexibility index (Phi) is 4.77. The smallest absolute Gasteiger partial charge is 0.0641 e. The van der Waals surface area contributed by atoms with Gasteiger partial charge < -0.3 is 5.32 Å². The molecule has 0 radical (unpaired) electrons. The maximum Gasteiger partial charge on any atom is 0.0641 e. The standard InChI is InChI=1S/C15H14BrCl2N/c1-9-6-14(18)15(8-13(9)17)19-10(2)11-4-3-5-12(16)7-11/h3-8,10,19H,1-2H3. The summed E-state index contributed by atoms with van der Waals surface area (Å²) in [5.74, 6) is 0. The van der Waals surface area contributed by atoms with Crippen molar-refractivity contribution in [2.24, 2.45) is 0 Å². The molecule has 4 heteroatoms. The Hall–Kier alpha value is -0.700. The van der Waals surface area contributed by atoms with E-state index < -0.39 is 0 Å². The first-order valence-electron chi connectivity index (χ1n) is 5.95. The molecule has 1 nitrogen and oxygen atoms in total. The fourth-order valence-corrected chi connectivity index (χ4v) is 2.70. The predicted octanol–water partition coefficient (Wildman–Crippen LogP) is 6.24. The Morgan fingerprint density at radius 3 is 2.53 bits per heavy atom. The van der Waals surface area contributed by atoms with Gasteiger partial charge in [0.2, 0.25) is 0 Å². The molecule has 0 aliphatic carbocycles. The van der Waals surface area contributed by atoms with Gasteiger partial charge in [0, 0.05) is 15.5 Å². The van der Waals surface area contributed by atoms with Crippen molar-refractivity contribution in [3.63, 3.8) is 0 Å². The van der Waals surface area contributed by atoms with Gasteiger partial charge in [0.25, 0.3) is 0 Å². The molecule has 1 N–H and O–H groups in total. The largest absolute Gasteiger partial charge is 0.377 e. The van der Waals surface area contributed by atoms with Crippen molar-refractivity contribution in [2.75, 3.05) is 5.32 Å². The fraction of sp³-hybridized carbons (Fsp3) is 0.200. The van der Waals surface area contributed by atoms with E-state index in [9.17, 15) is 0 Å². The Balaban J connectivity index is 2.24. The lowest BCUT2D eigenvalue weighted by Crippen LogP contribution is -2.07. The van der Waals surface area contributed by atoms with Gasteiger partial charge in [-0.15, -0.1) is 0 Å². The summed E-state index contributed by atoms with van der Waals surface area (Å²) in [6.07, 6.45) is 0. The third-order valence-corrected chi connectivity index (χ3v) is 4.18. The van der Waals surface area contributed by atoms with Crippen molar-refractivity contribution >= 4 is 44.8 Å². The molecule has 0 amide bonds. The summed E-state index contributed by atoms with van der Waals surface area (Å²) in [7, 11) is 0. The van der Waals surface area contributed by atoms with Gasteiger partial charge in [0.1, 0.15) is 0 Å². The summed E-state index contributed by atoms with van der Waals surface area (Å²) in [6.45, 7) is 4.03.